The molecule has 0 saturated heterocycles. The van der Waals surface area contributed by atoms with Crippen molar-refractivity contribution in [2.45, 2.75) is 80.1 Å². The van der Waals surface area contributed by atoms with Crippen LogP contribution in [0.25, 0.3) is 0 Å². The fourth-order valence-corrected chi connectivity index (χ4v) is 2.06. The van der Waals surface area contributed by atoms with Gasteiger partial charge in [0, 0.05) is 51.2 Å². The first kappa shape index (κ1) is 28.3. The van der Waals surface area contributed by atoms with Gasteiger partial charge in [-0.1, -0.05) is 41.5 Å². The molecule has 0 atom stereocenters. The summed E-state index contributed by atoms with van der Waals surface area (Å²) >= 11 is 0. The molecule has 0 saturated carbocycles. The summed E-state index contributed by atoms with van der Waals surface area (Å²) in [5, 5.41) is 8.31. The summed E-state index contributed by atoms with van der Waals surface area (Å²) in [6, 6.07) is 0. The van der Waals surface area contributed by atoms with Gasteiger partial charge in [-0.2, -0.15) is 0 Å². The molecule has 0 aromatic rings. The maximum Gasteiger partial charge on any atom is 0.220 e. The third-order valence-corrected chi connectivity index (χ3v) is 3.76. The Kier molecular flexibility index (Phi) is 18.6. The van der Waals surface area contributed by atoms with Gasteiger partial charge >= 0.3 is 0 Å². The van der Waals surface area contributed by atoms with E-state index in [2.05, 4.69) is 16.0 Å². The highest BCUT2D eigenvalue weighted by atomic mass is 16.2. The topological polar surface area (TPSA) is 104 Å². The third kappa shape index (κ3) is 18.9. The van der Waals surface area contributed by atoms with E-state index in [1.165, 1.54) is 0 Å². The largest absolute Gasteiger partial charge is 0.356 e. The van der Waals surface area contributed by atoms with Gasteiger partial charge in [-0.25, -0.2) is 0 Å². The van der Waals surface area contributed by atoms with E-state index in [0.29, 0.717) is 51.2 Å². The first-order valence-electron chi connectivity index (χ1n) is 10.5. The van der Waals surface area contributed by atoms with Crippen LogP contribution < -0.4 is 16.0 Å². The molecule has 7 nitrogen and oxygen atoms in total. The lowest BCUT2D eigenvalue weighted by Gasteiger charge is -2.08. The molecular formula is C21H41N3O4. The second-order valence-corrected chi connectivity index (χ2v) is 7.23. The lowest BCUT2D eigenvalue weighted by atomic mass is 10.0. The van der Waals surface area contributed by atoms with Crippen LogP contribution in [0.15, 0.2) is 0 Å². The molecule has 0 rings (SSSR count). The van der Waals surface area contributed by atoms with Crippen LogP contribution in [0.3, 0.4) is 0 Å². The van der Waals surface area contributed by atoms with E-state index in [4.69, 9.17) is 0 Å². The molecule has 0 spiro atoms. The Morgan fingerprint density at radius 2 is 1.07 bits per heavy atom. The molecule has 0 bridgehead atoms. The van der Waals surface area contributed by atoms with Crippen LogP contribution in [0.5, 0.6) is 0 Å². The molecule has 3 amide bonds. The molecule has 3 N–H and O–H groups in total. The summed E-state index contributed by atoms with van der Waals surface area (Å²) in [5.74, 6) is 0.218. The molecule has 0 aliphatic heterocycles. The van der Waals surface area contributed by atoms with Crippen molar-refractivity contribution in [3.63, 3.8) is 0 Å². The smallest absolute Gasteiger partial charge is 0.220 e. The molecule has 164 valence electrons. The Morgan fingerprint density at radius 3 is 1.50 bits per heavy atom. The van der Waals surface area contributed by atoms with Crippen molar-refractivity contribution in [2.24, 2.45) is 11.8 Å². The zero-order valence-electron chi connectivity index (χ0n) is 18.7. The zero-order chi connectivity index (χ0) is 21.9. The lowest BCUT2D eigenvalue weighted by molar-refractivity contribution is -0.126. The summed E-state index contributed by atoms with van der Waals surface area (Å²) in [6.45, 7) is 13.3. The van der Waals surface area contributed by atoms with E-state index in [9.17, 15) is 19.2 Å². The number of carbonyl (C=O) groups excluding carboxylic acids is 4. The van der Waals surface area contributed by atoms with Crippen molar-refractivity contribution in [3.8, 4) is 0 Å². The maximum atomic E-state index is 11.7. The second kappa shape index (κ2) is 18.4. The maximum absolute atomic E-state index is 11.7. The number of rotatable bonds is 14. The SMILES string of the molecule is CC.CC(C)CNC(=O)CCCNC(=O)CCCNC(=O)CCC(=O)C(C)C. The van der Waals surface area contributed by atoms with Crippen LogP contribution in [0.1, 0.15) is 80.1 Å². The van der Waals surface area contributed by atoms with E-state index >= 15 is 0 Å². The van der Waals surface area contributed by atoms with Crippen molar-refractivity contribution in [1.82, 2.24) is 16.0 Å². The Hall–Kier alpha value is -1.92. The van der Waals surface area contributed by atoms with Crippen LogP contribution in [0, 0.1) is 11.8 Å². The van der Waals surface area contributed by atoms with Gasteiger partial charge in [0.1, 0.15) is 5.78 Å². The number of ketones is 1. The lowest BCUT2D eigenvalue weighted by Crippen LogP contribution is -2.30. The summed E-state index contributed by atoms with van der Waals surface area (Å²) < 4.78 is 0. The minimum atomic E-state index is -0.160. The van der Waals surface area contributed by atoms with Gasteiger partial charge in [-0.15, -0.1) is 0 Å². The Balaban J connectivity index is 0. The highest BCUT2D eigenvalue weighted by molar-refractivity contribution is 5.86. The van der Waals surface area contributed by atoms with Gasteiger partial charge in [0.25, 0.3) is 0 Å². The molecule has 28 heavy (non-hydrogen) atoms. The van der Waals surface area contributed by atoms with Gasteiger partial charge in [-0.05, 0) is 18.8 Å². The van der Waals surface area contributed by atoms with Crippen LogP contribution in [-0.2, 0) is 19.2 Å². The molecular weight excluding hydrogens is 358 g/mol. The van der Waals surface area contributed by atoms with E-state index in [0.717, 1.165) is 0 Å². The number of carbonyl (C=O) groups is 4. The van der Waals surface area contributed by atoms with E-state index in [1.54, 1.807) is 0 Å². The summed E-state index contributed by atoms with van der Waals surface area (Å²) in [4.78, 5) is 46.2. The average Bonchev–Trinajstić information content (AvgIpc) is 2.66. The molecule has 0 fully saturated rings. The van der Waals surface area contributed by atoms with Gasteiger partial charge in [0.05, 0.1) is 0 Å². The van der Waals surface area contributed by atoms with Crippen molar-refractivity contribution in [2.75, 3.05) is 19.6 Å². The van der Waals surface area contributed by atoms with Gasteiger partial charge < -0.3 is 16.0 Å². The highest BCUT2D eigenvalue weighted by Crippen LogP contribution is 2.01. The van der Waals surface area contributed by atoms with Gasteiger partial charge in [-0.3, -0.25) is 19.2 Å². The Bertz CT molecular complexity index is 463. The first-order valence-corrected chi connectivity index (χ1v) is 10.5. The molecule has 0 aliphatic carbocycles. The Morgan fingerprint density at radius 1 is 0.643 bits per heavy atom. The third-order valence-electron chi connectivity index (χ3n) is 3.76. The minimum absolute atomic E-state index is 0.00612. The fourth-order valence-electron chi connectivity index (χ4n) is 2.06. The Labute approximate surface area is 170 Å². The van der Waals surface area contributed by atoms with Crippen LogP contribution in [0.2, 0.25) is 0 Å². The number of hydrogen-bond acceptors (Lipinski definition) is 4. The average molecular weight is 400 g/mol. The molecule has 0 unspecified atom stereocenters. The van der Waals surface area contributed by atoms with E-state index < -0.39 is 0 Å². The summed E-state index contributed by atoms with van der Waals surface area (Å²) in [6.07, 6.45) is 2.33. The molecule has 0 aromatic heterocycles. The van der Waals surface area contributed by atoms with Crippen molar-refractivity contribution in [3.05, 3.63) is 0 Å². The number of hydrogen-bond donors (Lipinski definition) is 3. The van der Waals surface area contributed by atoms with Crippen LogP contribution in [-0.4, -0.2) is 43.1 Å². The quantitative estimate of drug-likeness (QED) is 0.390. The zero-order valence-corrected chi connectivity index (χ0v) is 18.7. The minimum Gasteiger partial charge on any atom is -0.356 e. The standard InChI is InChI=1S/C19H35N3O4.C2H6/c1-14(2)13-22-18(25)8-6-11-20-17(24)7-5-12-21-19(26)10-9-16(23)15(3)4;1-2/h14-15H,5-13H2,1-4H3,(H,20,24)(H,21,26)(H,22,25);1-2H3. The highest BCUT2D eigenvalue weighted by Gasteiger charge is 2.10. The number of amides is 3. The summed E-state index contributed by atoms with van der Waals surface area (Å²) in [7, 11) is 0. The first-order chi connectivity index (χ1) is 13.2. The predicted octanol–water partition coefficient (Wildman–Crippen LogP) is 2.58. The van der Waals surface area contributed by atoms with Crippen LogP contribution >= 0.6 is 0 Å². The van der Waals surface area contributed by atoms with Gasteiger partial charge in [0.2, 0.25) is 17.7 Å². The number of Topliss-reactive ketones (excluding diaryl/α,β-unsaturated/α-hetero) is 1. The second-order valence-electron chi connectivity index (χ2n) is 7.23. The predicted molar refractivity (Wildman–Crippen MR) is 113 cm³/mol. The molecule has 0 aromatic carbocycles. The van der Waals surface area contributed by atoms with Gasteiger partial charge in [0.15, 0.2) is 0 Å². The van der Waals surface area contributed by atoms with E-state index in [-0.39, 0.29) is 42.3 Å². The fraction of sp³-hybridized carbons (Fsp3) is 0.810. The summed E-state index contributed by atoms with van der Waals surface area (Å²) in [5.41, 5.74) is 0. The van der Waals surface area contributed by atoms with E-state index in [1.807, 2.05) is 41.5 Å². The monoisotopic (exact) mass is 399 g/mol. The molecule has 0 radical (unpaired) electrons. The van der Waals surface area contributed by atoms with Crippen LogP contribution in [0.4, 0.5) is 0 Å². The molecule has 7 heteroatoms. The number of nitrogens with one attached hydrogen (secondary N) is 3. The van der Waals surface area contributed by atoms with Crippen molar-refractivity contribution in [1.29, 1.82) is 0 Å². The molecule has 0 heterocycles. The van der Waals surface area contributed by atoms with Crippen molar-refractivity contribution < 1.29 is 19.2 Å². The van der Waals surface area contributed by atoms with Crippen molar-refractivity contribution >= 4 is 23.5 Å². The molecule has 0 aliphatic rings. The normalized spacial score (nSPS) is 10.1.